The third-order valence-corrected chi connectivity index (χ3v) is 8.24. The monoisotopic (exact) mass is 601 g/mol. The summed E-state index contributed by atoms with van der Waals surface area (Å²) in [6.45, 7) is 4.86. The van der Waals surface area contributed by atoms with Gasteiger partial charge in [0.15, 0.2) is 11.5 Å². The molecular formula is C30H36FN3O7S. The number of benzene rings is 3. The molecule has 1 N–H and O–H groups in total. The Balaban J connectivity index is 2.09. The highest BCUT2D eigenvalue weighted by Gasteiger charge is 2.33. The summed E-state index contributed by atoms with van der Waals surface area (Å²) in [6, 6.07) is 15.2. The minimum absolute atomic E-state index is 0.153. The van der Waals surface area contributed by atoms with E-state index in [4.69, 9.17) is 14.2 Å². The lowest BCUT2D eigenvalue weighted by molar-refractivity contribution is -0.139. The van der Waals surface area contributed by atoms with Gasteiger partial charge in [0, 0.05) is 24.7 Å². The van der Waals surface area contributed by atoms with Gasteiger partial charge in [-0.15, -0.1) is 0 Å². The fourth-order valence-corrected chi connectivity index (χ4v) is 5.65. The number of carbonyl (C=O) groups excluding carboxylic acids is 2. The smallest absolute Gasteiger partial charge is 0.264 e. The summed E-state index contributed by atoms with van der Waals surface area (Å²) in [4.78, 5) is 27.7. The minimum atomic E-state index is -4.37. The van der Waals surface area contributed by atoms with E-state index in [1.165, 1.54) is 69.7 Å². The van der Waals surface area contributed by atoms with E-state index in [0.717, 1.165) is 9.21 Å². The summed E-state index contributed by atoms with van der Waals surface area (Å²) in [5, 5.41) is 2.67. The van der Waals surface area contributed by atoms with E-state index in [1.807, 2.05) is 6.92 Å². The SMILES string of the molecule is CCNC(=O)C(C)N(Cc1ccccc1F)C(=O)CN(c1ccc(OCC)cc1)S(=O)(=O)c1ccc(OC)c(OC)c1. The number of halogens is 1. The van der Waals surface area contributed by atoms with Crippen molar-refractivity contribution < 1.29 is 36.6 Å². The Labute approximate surface area is 246 Å². The van der Waals surface area contributed by atoms with Crippen molar-refractivity contribution in [2.45, 2.75) is 38.3 Å². The molecule has 0 spiro atoms. The number of hydrogen-bond donors (Lipinski definition) is 1. The number of nitrogens with zero attached hydrogens (tertiary/aromatic N) is 2. The van der Waals surface area contributed by atoms with Crippen molar-refractivity contribution in [1.82, 2.24) is 10.2 Å². The second-order valence-electron chi connectivity index (χ2n) is 9.14. The maximum atomic E-state index is 14.6. The summed E-state index contributed by atoms with van der Waals surface area (Å²) in [5.41, 5.74) is 0.357. The first kappa shape index (κ1) is 32.2. The van der Waals surface area contributed by atoms with E-state index >= 15 is 0 Å². The molecule has 0 radical (unpaired) electrons. The molecule has 12 heteroatoms. The lowest BCUT2D eigenvalue weighted by Crippen LogP contribution is -2.51. The van der Waals surface area contributed by atoms with Crippen LogP contribution in [0.1, 0.15) is 26.3 Å². The zero-order valence-electron chi connectivity index (χ0n) is 24.3. The van der Waals surface area contributed by atoms with Gasteiger partial charge in [0.05, 0.1) is 31.4 Å². The number of amides is 2. The summed E-state index contributed by atoms with van der Waals surface area (Å²) < 4.78 is 59.7. The number of hydrogen-bond acceptors (Lipinski definition) is 7. The topological polar surface area (TPSA) is 114 Å². The van der Waals surface area contributed by atoms with Gasteiger partial charge in [0.1, 0.15) is 24.2 Å². The third-order valence-electron chi connectivity index (χ3n) is 6.47. The zero-order chi connectivity index (χ0) is 30.9. The van der Waals surface area contributed by atoms with Crippen molar-refractivity contribution in [2.75, 3.05) is 38.2 Å². The molecule has 0 bridgehead atoms. The molecule has 1 unspecified atom stereocenters. The van der Waals surface area contributed by atoms with Crippen LogP contribution < -0.4 is 23.8 Å². The van der Waals surface area contributed by atoms with E-state index in [-0.39, 0.29) is 28.4 Å². The molecule has 0 aliphatic heterocycles. The molecule has 0 aliphatic carbocycles. The van der Waals surface area contributed by atoms with E-state index in [0.29, 0.717) is 24.7 Å². The van der Waals surface area contributed by atoms with Crippen LogP contribution >= 0.6 is 0 Å². The Morgan fingerprint density at radius 3 is 2.21 bits per heavy atom. The average molecular weight is 602 g/mol. The predicted octanol–water partition coefficient (Wildman–Crippen LogP) is 3.99. The van der Waals surface area contributed by atoms with Gasteiger partial charge in [-0.1, -0.05) is 18.2 Å². The Morgan fingerprint density at radius 2 is 1.62 bits per heavy atom. The van der Waals surface area contributed by atoms with E-state index < -0.39 is 40.2 Å². The molecule has 42 heavy (non-hydrogen) atoms. The lowest BCUT2D eigenvalue weighted by atomic mass is 10.1. The van der Waals surface area contributed by atoms with Crippen LogP contribution in [0.4, 0.5) is 10.1 Å². The van der Waals surface area contributed by atoms with Gasteiger partial charge in [-0.2, -0.15) is 0 Å². The minimum Gasteiger partial charge on any atom is -0.494 e. The fourth-order valence-electron chi connectivity index (χ4n) is 4.22. The van der Waals surface area contributed by atoms with Gasteiger partial charge in [-0.3, -0.25) is 13.9 Å². The average Bonchev–Trinajstić information content (AvgIpc) is 2.99. The van der Waals surface area contributed by atoms with Crippen LogP contribution in [0.5, 0.6) is 17.2 Å². The molecule has 1 atom stereocenters. The van der Waals surface area contributed by atoms with Crippen LogP contribution in [0.2, 0.25) is 0 Å². The number of carbonyl (C=O) groups is 2. The number of sulfonamides is 1. The van der Waals surface area contributed by atoms with Gasteiger partial charge in [-0.05, 0) is 63.2 Å². The largest absolute Gasteiger partial charge is 0.494 e. The van der Waals surface area contributed by atoms with Gasteiger partial charge in [0.25, 0.3) is 10.0 Å². The molecule has 0 saturated heterocycles. The molecule has 3 aromatic carbocycles. The molecule has 2 amide bonds. The van der Waals surface area contributed by atoms with Crippen LogP contribution in [0, 0.1) is 5.82 Å². The van der Waals surface area contributed by atoms with Crippen molar-refractivity contribution in [3.05, 3.63) is 78.1 Å². The maximum Gasteiger partial charge on any atom is 0.264 e. The number of anilines is 1. The fraction of sp³-hybridized carbons (Fsp3) is 0.333. The maximum absolute atomic E-state index is 14.6. The second kappa shape index (κ2) is 14.5. The summed E-state index contributed by atoms with van der Waals surface area (Å²) >= 11 is 0. The second-order valence-corrected chi connectivity index (χ2v) is 11.0. The molecule has 226 valence electrons. The van der Waals surface area contributed by atoms with Crippen molar-refractivity contribution in [3.8, 4) is 17.2 Å². The van der Waals surface area contributed by atoms with E-state index in [1.54, 1.807) is 25.1 Å². The summed E-state index contributed by atoms with van der Waals surface area (Å²) in [5.74, 6) is -0.705. The zero-order valence-corrected chi connectivity index (χ0v) is 25.1. The van der Waals surface area contributed by atoms with Crippen LogP contribution in [0.3, 0.4) is 0 Å². The Morgan fingerprint density at radius 1 is 0.952 bits per heavy atom. The molecule has 0 heterocycles. The third kappa shape index (κ3) is 7.49. The first-order valence-electron chi connectivity index (χ1n) is 13.4. The molecule has 0 saturated carbocycles. The summed E-state index contributed by atoms with van der Waals surface area (Å²) in [6.07, 6.45) is 0. The number of likely N-dealkylation sites (N-methyl/N-ethyl adjacent to an activating group) is 1. The van der Waals surface area contributed by atoms with Gasteiger partial charge in [-0.25, -0.2) is 12.8 Å². The first-order valence-corrected chi connectivity index (χ1v) is 14.8. The quantitative estimate of drug-likeness (QED) is 0.297. The van der Waals surface area contributed by atoms with Crippen LogP contribution in [0.25, 0.3) is 0 Å². The van der Waals surface area contributed by atoms with Crippen molar-refractivity contribution in [1.29, 1.82) is 0 Å². The van der Waals surface area contributed by atoms with Crippen molar-refractivity contribution >= 4 is 27.5 Å². The van der Waals surface area contributed by atoms with Gasteiger partial charge in [0.2, 0.25) is 11.8 Å². The Bertz CT molecular complexity index is 1480. The molecular weight excluding hydrogens is 565 g/mol. The van der Waals surface area contributed by atoms with Crippen molar-refractivity contribution in [2.24, 2.45) is 0 Å². The number of rotatable bonds is 14. The highest BCUT2D eigenvalue weighted by atomic mass is 32.2. The number of methoxy groups -OCH3 is 2. The highest BCUT2D eigenvalue weighted by Crippen LogP contribution is 2.33. The highest BCUT2D eigenvalue weighted by molar-refractivity contribution is 7.92. The molecule has 0 aromatic heterocycles. The standard InChI is InChI=1S/C30H36FN3O7S/c1-6-32-30(36)21(3)33(19-22-10-8-9-11-26(22)31)29(35)20-34(23-12-14-24(15-13-23)41-7-2)42(37,38)25-16-17-27(39-4)28(18-25)40-5/h8-18,21H,6-7,19-20H2,1-5H3,(H,32,36). The van der Waals surface area contributed by atoms with Crippen LogP contribution in [0.15, 0.2) is 71.6 Å². The van der Waals surface area contributed by atoms with Gasteiger partial charge < -0.3 is 24.4 Å². The predicted molar refractivity (Wildman–Crippen MR) is 157 cm³/mol. The lowest BCUT2D eigenvalue weighted by Gasteiger charge is -2.32. The first-order chi connectivity index (χ1) is 20.1. The summed E-state index contributed by atoms with van der Waals surface area (Å²) in [7, 11) is -1.56. The number of ether oxygens (including phenoxy) is 3. The van der Waals surface area contributed by atoms with Crippen LogP contribution in [-0.4, -0.2) is 65.1 Å². The van der Waals surface area contributed by atoms with Crippen LogP contribution in [-0.2, 0) is 26.2 Å². The Hall–Kier alpha value is -4.32. The Kier molecular flexibility index (Phi) is 11.1. The molecule has 3 aromatic rings. The molecule has 0 aliphatic rings. The van der Waals surface area contributed by atoms with E-state index in [2.05, 4.69) is 5.32 Å². The molecule has 0 fully saturated rings. The number of nitrogens with one attached hydrogen (secondary N) is 1. The van der Waals surface area contributed by atoms with Gasteiger partial charge >= 0.3 is 0 Å². The van der Waals surface area contributed by atoms with Crippen molar-refractivity contribution in [3.63, 3.8) is 0 Å². The molecule has 3 rings (SSSR count). The molecule has 10 nitrogen and oxygen atoms in total. The normalized spacial score (nSPS) is 11.8. The van der Waals surface area contributed by atoms with E-state index in [9.17, 15) is 22.4 Å².